The quantitative estimate of drug-likeness (QED) is 0.712. The molecule has 1 aliphatic rings. The number of ketones is 1. The smallest absolute Gasteiger partial charge is 0.250 e. The zero-order chi connectivity index (χ0) is 19.7. The van der Waals surface area contributed by atoms with Gasteiger partial charge in [0.2, 0.25) is 0 Å². The van der Waals surface area contributed by atoms with Crippen LogP contribution in [0.1, 0.15) is 17.5 Å². The van der Waals surface area contributed by atoms with E-state index in [-0.39, 0.29) is 11.3 Å². The highest BCUT2D eigenvalue weighted by molar-refractivity contribution is 5.99. The predicted molar refractivity (Wildman–Crippen MR) is 106 cm³/mol. The molecule has 28 heavy (non-hydrogen) atoms. The summed E-state index contributed by atoms with van der Waals surface area (Å²) in [5.74, 6) is 0.0371. The molecule has 2 aromatic heterocycles. The molecule has 0 aliphatic heterocycles. The van der Waals surface area contributed by atoms with Crippen LogP contribution in [-0.4, -0.2) is 20.1 Å². The lowest BCUT2D eigenvalue weighted by Gasteiger charge is -2.13. The summed E-state index contributed by atoms with van der Waals surface area (Å²) in [6.45, 7) is 0. The summed E-state index contributed by atoms with van der Waals surface area (Å²) in [6, 6.07) is 11.0. The van der Waals surface area contributed by atoms with Crippen molar-refractivity contribution in [3.8, 4) is 22.9 Å². The van der Waals surface area contributed by atoms with Gasteiger partial charge in [-0.3, -0.25) is 9.59 Å². The minimum Gasteiger partial charge on any atom is -0.318 e. The number of carbonyl (C=O) groups is 1. The molecule has 0 spiro atoms. The number of nitriles is 1. The van der Waals surface area contributed by atoms with Gasteiger partial charge in [0.15, 0.2) is 5.78 Å². The zero-order valence-electron chi connectivity index (χ0n) is 15.2. The molecule has 0 unspecified atom stereocenters. The fraction of sp³-hybridized carbons (Fsp3) is 0.0909. The molecule has 4 rings (SSSR count). The van der Waals surface area contributed by atoms with Crippen LogP contribution >= 0.6 is 0 Å². The van der Waals surface area contributed by atoms with Gasteiger partial charge in [-0.1, -0.05) is 24.3 Å². The fourth-order valence-corrected chi connectivity index (χ4v) is 3.19. The average Bonchev–Trinajstić information content (AvgIpc) is 3.20. The lowest BCUT2D eigenvalue weighted by atomic mass is 9.94. The lowest BCUT2D eigenvalue weighted by molar-refractivity contribution is -0.113. The number of benzene rings is 1. The number of aryl methyl sites for hydroxylation is 1. The topological polar surface area (TPSA) is 80.7 Å². The van der Waals surface area contributed by atoms with Crippen molar-refractivity contribution >= 4 is 11.4 Å². The molecule has 0 radical (unpaired) electrons. The van der Waals surface area contributed by atoms with E-state index in [1.54, 1.807) is 48.4 Å². The summed E-state index contributed by atoms with van der Waals surface area (Å²) in [5, 5.41) is 13.7. The Kier molecular flexibility index (Phi) is 4.34. The first kappa shape index (κ1) is 17.4. The zero-order valence-corrected chi connectivity index (χ0v) is 15.2. The highest BCUT2D eigenvalue weighted by Gasteiger charge is 2.15. The summed E-state index contributed by atoms with van der Waals surface area (Å²) in [6.07, 6.45) is 10.7. The fourth-order valence-electron chi connectivity index (χ4n) is 3.19. The van der Waals surface area contributed by atoms with Crippen molar-refractivity contribution in [3.05, 3.63) is 88.6 Å². The third-order valence-corrected chi connectivity index (χ3v) is 4.68. The Morgan fingerprint density at radius 1 is 1.11 bits per heavy atom. The van der Waals surface area contributed by atoms with Crippen LogP contribution in [0.25, 0.3) is 22.4 Å². The van der Waals surface area contributed by atoms with Crippen LogP contribution in [-0.2, 0) is 11.8 Å². The van der Waals surface area contributed by atoms with E-state index in [1.807, 2.05) is 24.4 Å². The van der Waals surface area contributed by atoms with Crippen LogP contribution < -0.4 is 5.56 Å². The Morgan fingerprint density at radius 2 is 1.93 bits per heavy atom. The van der Waals surface area contributed by atoms with Gasteiger partial charge in [0.05, 0.1) is 17.4 Å². The number of hydrogen-bond acceptors (Lipinski definition) is 4. The van der Waals surface area contributed by atoms with Crippen molar-refractivity contribution in [2.75, 3.05) is 0 Å². The molecule has 2 heterocycles. The second-order valence-corrected chi connectivity index (χ2v) is 6.52. The maximum Gasteiger partial charge on any atom is 0.250 e. The number of aromatic nitrogens is 3. The summed E-state index contributed by atoms with van der Waals surface area (Å²) < 4.78 is 3.16. The van der Waals surface area contributed by atoms with Crippen LogP contribution in [0.3, 0.4) is 0 Å². The molecule has 0 bridgehead atoms. The molecule has 0 amide bonds. The first-order valence-electron chi connectivity index (χ1n) is 8.73. The summed E-state index contributed by atoms with van der Waals surface area (Å²) in [7, 11) is 1.69. The van der Waals surface area contributed by atoms with Gasteiger partial charge in [0.25, 0.3) is 5.56 Å². The molecule has 0 N–H and O–H groups in total. The largest absolute Gasteiger partial charge is 0.318 e. The van der Waals surface area contributed by atoms with Crippen molar-refractivity contribution in [1.82, 2.24) is 14.3 Å². The lowest BCUT2D eigenvalue weighted by Crippen LogP contribution is -2.16. The molecule has 6 nitrogen and oxygen atoms in total. The van der Waals surface area contributed by atoms with Gasteiger partial charge >= 0.3 is 0 Å². The molecular weight excluding hydrogens is 352 g/mol. The number of carbonyl (C=O) groups excluding carboxylic acids is 1. The second kappa shape index (κ2) is 6.97. The van der Waals surface area contributed by atoms with E-state index >= 15 is 0 Å². The Balaban J connectivity index is 1.85. The van der Waals surface area contributed by atoms with Crippen LogP contribution in [0.4, 0.5) is 0 Å². The Hall–Kier alpha value is -3.98. The maximum atomic E-state index is 12.2. The van der Waals surface area contributed by atoms with Gasteiger partial charge in [0, 0.05) is 43.1 Å². The number of para-hydroxylation sites is 1. The number of nitrogens with zero attached hydrogens (tertiary/aromatic N) is 4. The van der Waals surface area contributed by atoms with Crippen LogP contribution in [0.15, 0.2) is 71.9 Å². The van der Waals surface area contributed by atoms with Gasteiger partial charge in [-0.25, -0.2) is 4.68 Å². The molecule has 0 fully saturated rings. The van der Waals surface area contributed by atoms with E-state index < -0.39 is 0 Å². The third kappa shape index (κ3) is 3.10. The molecular formula is C22H16N4O2. The van der Waals surface area contributed by atoms with E-state index in [0.29, 0.717) is 17.7 Å². The molecule has 0 atom stereocenters. The van der Waals surface area contributed by atoms with Gasteiger partial charge in [-0.05, 0) is 29.3 Å². The van der Waals surface area contributed by atoms with E-state index in [2.05, 4.69) is 11.2 Å². The number of allylic oxidation sites excluding steroid dienone is 4. The van der Waals surface area contributed by atoms with Gasteiger partial charge in [-0.15, -0.1) is 0 Å². The third-order valence-electron chi connectivity index (χ3n) is 4.68. The Morgan fingerprint density at radius 3 is 2.68 bits per heavy atom. The number of pyridine rings is 1. The summed E-state index contributed by atoms with van der Waals surface area (Å²) >= 11 is 0. The first-order valence-corrected chi connectivity index (χ1v) is 8.73. The highest BCUT2D eigenvalue weighted by atomic mass is 16.1. The molecule has 1 aromatic carbocycles. The van der Waals surface area contributed by atoms with E-state index in [4.69, 9.17) is 0 Å². The van der Waals surface area contributed by atoms with Crippen molar-refractivity contribution < 1.29 is 4.79 Å². The maximum absolute atomic E-state index is 12.2. The minimum absolute atomic E-state index is 0.0371. The van der Waals surface area contributed by atoms with Crippen molar-refractivity contribution in [2.45, 2.75) is 6.42 Å². The normalized spacial score (nSPS) is 13.3. The molecule has 136 valence electrons. The average molecular weight is 368 g/mol. The van der Waals surface area contributed by atoms with Crippen LogP contribution in [0, 0.1) is 11.3 Å². The standard InChI is InChI=1S/C22H16N4O2/c1-25-14-20(19(10-22(25)28)15-6-8-18(27)9-7-15)17-12-24-26(13-17)21-5-3-2-4-16(21)11-23/h2-8,10,12-14H,9H2,1H3. The monoisotopic (exact) mass is 368 g/mol. The van der Waals surface area contributed by atoms with E-state index in [1.165, 1.54) is 10.6 Å². The number of hydrogen-bond donors (Lipinski definition) is 0. The van der Waals surface area contributed by atoms with Gasteiger partial charge in [0.1, 0.15) is 6.07 Å². The molecule has 0 saturated carbocycles. The van der Waals surface area contributed by atoms with Crippen molar-refractivity contribution in [1.29, 1.82) is 5.26 Å². The Labute approximate surface area is 161 Å². The molecule has 3 aromatic rings. The van der Waals surface area contributed by atoms with Gasteiger partial charge in [-0.2, -0.15) is 10.4 Å². The first-order chi connectivity index (χ1) is 13.6. The SMILES string of the molecule is Cn1cc(-c2cnn(-c3ccccc3C#N)c2)c(C2=CCC(=O)C=C2)cc1=O. The molecule has 1 aliphatic carbocycles. The molecule has 0 saturated heterocycles. The summed E-state index contributed by atoms with van der Waals surface area (Å²) in [5.41, 5.74) is 4.29. The van der Waals surface area contributed by atoms with E-state index in [9.17, 15) is 14.9 Å². The van der Waals surface area contributed by atoms with E-state index in [0.717, 1.165) is 22.3 Å². The van der Waals surface area contributed by atoms with Crippen LogP contribution in [0.2, 0.25) is 0 Å². The second-order valence-electron chi connectivity index (χ2n) is 6.52. The van der Waals surface area contributed by atoms with Crippen molar-refractivity contribution in [3.63, 3.8) is 0 Å². The van der Waals surface area contributed by atoms with Crippen LogP contribution in [0.5, 0.6) is 0 Å². The predicted octanol–water partition coefficient (Wildman–Crippen LogP) is 3.02. The van der Waals surface area contributed by atoms with Crippen molar-refractivity contribution in [2.24, 2.45) is 7.05 Å². The molecule has 6 heteroatoms. The highest BCUT2D eigenvalue weighted by Crippen LogP contribution is 2.30. The minimum atomic E-state index is -0.132. The summed E-state index contributed by atoms with van der Waals surface area (Å²) in [4.78, 5) is 23.7. The Bertz CT molecular complexity index is 1250. The number of rotatable bonds is 3. The van der Waals surface area contributed by atoms with Gasteiger partial charge < -0.3 is 4.57 Å².